The molecule has 0 amide bonds. The van der Waals surface area contributed by atoms with Gasteiger partial charge in [0.25, 0.3) is 0 Å². The number of hydrogen-bond donors (Lipinski definition) is 1. The molecule has 2 nitrogen and oxygen atoms in total. The summed E-state index contributed by atoms with van der Waals surface area (Å²) < 4.78 is 5.99. The van der Waals surface area contributed by atoms with Crippen LogP contribution in [0.2, 0.25) is 0 Å². The molecule has 0 aromatic heterocycles. The van der Waals surface area contributed by atoms with Gasteiger partial charge >= 0.3 is 0 Å². The molecule has 2 bridgehead atoms. The lowest BCUT2D eigenvalue weighted by atomic mass is 9.81. The van der Waals surface area contributed by atoms with Gasteiger partial charge in [-0.05, 0) is 45.1 Å². The van der Waals surface area contributed by atoms with Crippen LogP contribution in [0.3, 0.4) is 0 Å². The molecule has 0 saturated carbocycles. The highest BCUT2D eigenvalue weighted by molar-refractivity contribution is 5.02. The number of nitrogens with one attached hydrogen (secondary N) is 1. The summed E-state index contributed by atoms with van der Waals surface area (Å²) in [5, 5.41) is 3.72. The van der Waals surface area contributed by atoms with Gasteiger partial charge < -0.3 is 10.1 Å². The molecule has 2 fully saturated rings. The second kappa shape index (κ2) is 6.01. The summed E-state index contributed by atoms with van der Waals surface area (Å²) in [7, 11) is 0. The molecule has 2 saturated heterocycles. The van der Waals surface area contributed by atoms with Crippen molar-refractivity contribution in [3.05, 3.63) is 12.2 Å². The lowest BCUT2D eigenvalue weighted by Crippen LogP contribution is -2.41. The van der Waals surface area contributed by atoms with Gasteiger partial charge in [0.1, 0.15) is 0 Å². The number of fused-ring (bicyclic) bond motifs is 2. The molecule has 17 heavy (non-hydrogen) atoms. The van der Waals surface area contributed by atoms with Gasteiger partial charge in [0.2, 0.25) is 0 Å². The average Bonchev–Trinajstić information content (AvgIpc) is 2.96. The molecular weight excluding hydrogens is 210 g/mol. The molecule has 4 unspecified atom stereocenters. The summed E-state index contributed by atoms with van der Waals surface area (Å²) in [6, 6.07) is 0.595. The second-order valence-electron chi connectivity index (χ2n) is 5.64. The quantitative estimate of drug-likeness (QED) is 0.686. The van der Waals surface area contributed by atoms with Gasteiger partial charge in [-0.1, -0.05) is 26.0 Å². The molecule has 2 aliphatic rings. The van der Waals surface area contributed by atoms with E-state index in [1.54, 1.807) is 0 Å². The standard InChI is InChI=1S/C15H27NO/c1-4-8-16-14(9-11(3)5-2)13-10-12-6-7-15(13)17-12/h12-16H,3-10H2,1-2H3. The van der Waals surface area contributed by atoms with E-state index in [-0.39, 0.29) is 0 Å². The van der Waals surface area contributed by atoms with Gasteiger partial charge in [-0.3, -0.25) is 0 Å². The lowest BCUT2D eigenvalue weighted by Gasteiger charge is -2.30. The molecule has 2 heterocycles. The largest absolute Gasteiger partial charge is 0.375 e. The normalized spacial score (nSPS) is 32.9. The SMILES string of the molecule is C=C(CC)CC(NCCC)C1CC2CCC1O2. The summed E-state index contributed by atoms with van der Waals surface area (Å²) in [5.74, 6) is 0.726. The summed E-state index contributed by atoms with van der Waals surface area (Å²) >= 11 is 0. The fraction of sp³-hybridized carbons (Fsp3) is 0.867. The van der Waals surface area contributed by atoms with E-state index in [0.29, 0.717) is 18.2 Å². The Labute approximate surface area is 106 Å². The summed E-state index contributed by atoms with van der Waals surface area (Å²) in [6.07, 6.45) is 8.36. The van der Waals surface area contributed by atoms with Gasteiger partial charge in [0.15, 0.2) is 0 Å². The first-order chi connectivity index (χ1) is 8.24. The van der Waals surface area contributed by atoms with Gasteiger partial charge in [-0.2, -0.15) is 0 Å². The minimum Gasteiger partial charge on any atom is -0.375 e. The maximum absolute atomic E-state index is 5.99. The van der Waals surface area contributed by atoms with E-state index >= 15 is 0 Å². The first-order valence-corrected chi connectivity index (χ1v) is 7.30. The van der Waals surface area contributed by atoms with Crippen molar-refractivity contribution in [2.24, 2.45) is 5.92 Å². The van der Waals surface area contributed by atoms with Crippen LogP contribution in [-0.2, 0) is 4.74 Å². The molecule has 0 aromatic carbocycles. The van der Waals surface area contributed by atoms with E-state index in [1.807, 2.05) is 0 Å². The molecule has 0 radical (unpaired) electrons. The molecule has 1 N–H and O–H groups in total. The third-order valence-electron chi connectivity index (χ3n) is 4.33. The van der Waals surface area contributed by atoms with Crippen LogP contribution in [0.1, 0.15) is 52.4 Å². The van der Waals surface area contributed by atoms with E-state index in [2.05, 4.69) is 25.7 Å². The minimum absolute atomic E-state index is 0.527. The first kappa shape index (κ1) is 13.1. The van der Waals surface area contributed by atoms with E-state index < -0.39 is 0 Å². The molecule has 4 atom stereocenters. The van der Waals surface area contributed by atoms with Gasteiger partial charge in [-0.25, -0.2) is 0 Å². The third kappa shape index (κ3) is 3.11. The molecule has 2 heteroatoms. The molecule has 2 rings (SSSR count). The summed E-state index contributed by atoms with van der Waals surface area (Å²) in [5.41, 5.74) is 1.38. The highest BCUT2D eigenvalue weighted by atomic mass is 16.5. The van der Waals surface area contributed by atoms with E-state index in [9.17, 15) is 0 Å². The summed E-state index contributed by atoms with van der Waals surface area (Å²) in [6.45, 7) is 9.73. The monoisotopic (exact) mass is 237 g/mol. The molecule has 0 aromatic rings. The molecule has 0 aliphatic carbocycles. The van der Waals surface area contributed by atoms with Crippen LogP contribution in [0.25, 0.3) is 0 Å². The van der Waals surface area contributed by atoms with E-state index in [1.165, 1.54) is 31.3 Å². The number of hydrogen-bond acceptors (Lipinski definition) is 2. The fourth-order valence-corrected chi connectivity index (χ4v) is 3.26. The van der Waals surface area contributed by atoms with Crippen LogP contribution >= 0.6 is 0 Å². The predicted octanol–water partition coefficient (Wildman–Crippen LogP) is 3.28. The number of rotatable bonds is 7. The van der Waals surface area contributed by atoms with Crippen LogP contribution in [-0.4, -0.2) is 24.8 Å². The topological polar surface area (TPSA) is 21.3 Å². The molecule has 2 aliphatic heterocycles. The van der Waals surface area contributed by atoms with Gasteiger partial charge in [-0.15, -0.1) is 0 Å². The van der Waals surface area contributed by atoms with Gasteiger partial charge in [0, 0.05) is 12.0 Å². The fourth-order valence-electron chi connectivity index (χ4n) is 3.26. The highest BCUT2D eigenvalue weighted by Gasteiger charge is 2.43. The van der Waals surface area contributed by atoms with E-state index in [4.69, 9.17) is 4.74 Å². The van der Waals surface area contributed by atoms with E-state index in [0.717, 1.165) is 25.3 Å². The van der Waals surface area contributed by atoms with Crippen LogP contribution in [0.15, 0.2) is 12.2 Å². The second-order valence-corrected chi connectivity index (χ2v) is 5.64. The van der Waals surface area contributed by atoms with Gasteiger partial charge in [0.05, 0.1) is 12.2 Å². The summed E-state index contributed by atoms with van der Waals surface area (Å²) in [4.78, 5) is 0. The van der Waals surface area contributed by atoms with Crippen molar-refractivity contribution in [2.75, 3.05) is 6.54 Å². The van der Waals surface area contributed by atoms with Crippen molar-refractivity contribution in [1.82, 2.24) is 5.32 Å². The predicted molar refractivity (Wildman–Crippen MR) is 72.1 cm³/mol. The molecule has 98 valence electrons. The first-order valence-electron chi connectivity index (χ1n) is 7.30. The Morgan fingerprint density at radius 2 is 2.24 bits per heavy atom. The molecule has 0 spiro atoms. The third-order valence-corrected chi connectivity index (χ3v) is 4.33. The Kier molecular flexibility index (Phi) is 4.63. The lowest BCUT2D eigenvalue weighted by molar-refractivity contribution is 0.0857. The van der Waals surface area contributed by atoms with Crippen molar-refractivity contribution in [3.8, 4) is 0 Å². The smallest absolute Gasteiger partial charge is 0.0623 e. The Balaban J connectivity index is 1.92. The number of ether oxygens (including phenoxy) is 1. The Bertz CT molecular complexity index is 264. The zero-order valence-electron chi connectivity index (χ0n) is 11.4. The van der Waals surface area contributed by atoms with Crippen molar-refractivity contribution in [3.63, 3.8) is 0 Å². The molecular formula is C15H27NO. The maximum atomic E-state index is 5.99. The Morgan fingerprint density at radius 3 is 2.76 bits per heavy atom. The zero-order chi connectivity index (χ0) is 12.3. The maximum Gasteiger partial charge on any atom is 0.0623 e. The van der Waals surface area contributed by atoms with Crippen LogP contribution in [0.4, 0.5) is 0 Å². The zero-order valence-corrected chi connectivity index (χ0v) is 11.4. The van der Waals surface area contributed by atoms with Crippen molar-refractivity contribution in [1.29, 1.82) is 0 Å². The Morgan fingerprint density at radius 1 is 1.41 bits per heavy atom. The average molecular weight is 237 g/mol. The van der Waals surface area contributed by atoms with Crippen molar-refractivity contribution >= 4 is 0 Å². The van der Waals surface area contributed by atoms with Crippen molar-refractivity contribution < 1.29 is 4.74 Å². The van der Waals surface area contributed by atoms with Crippen LogP contribution in [0.5, 0.6) is 0 Å². The van der Waals surface area contributed by atoms with Crippen LogP contribution < -0.4 is 5.32 Å². The van der Waals surface area contributed by atoms with Crippen molar-refractivity contribution in [2.45, 2.75) is 70.6 Å². The minimum atomic E-state index is 0.527. The Hall–Kier alpha value is -0.340. The van der Waals surface area contributed by atoms with Crippen LogP contribution in [0, 0.1) is 5.92 Å². The highest BCUT2D eigenvalue weighted by Crippen LogP contribution is 2.41.